The van der Waals surface area contributed by atoms with Gasteiger partial charge in [0.1, 0.15) is 0 Å². The molecule has 0 aliphatic heterocycles. The van der Waals surface area contributed by atoms with Crippen molar-refractivity contribution in [2.75, 3.05) is 13.7 Å². The Balaban J connectivity index is 1.80. The summed E-state index contributed by atoms with van der Waals surface area (Å²) in [5.74, 6) is -0.638. The van der Waals surface area contributed by atoms with Gasteiger partial charge in [-0.1, -0.05) is 64.5 Å². The molecular formula is C18H18BrNO3. The highest BCUT2D eigenvalue weighted by Crippen LogP contribution is 2.17. The van der Waals surface area contributed by atoms with Crippen LogP contribution in [0.2, 0.25) is 0 Å². The van der Waals surface area contributed by atoms with Gasteiger partial charge in [0.2, 0.25) is 0 Å². The van der Waals surface area contributed by atoms with Gasteiger partial charge in [0.15, 0.2) is 6.61 Å². The van der Waals surface area contributed by atoms with E-state index in [1.54, 1.807) is 7.05 Å². The lowest BCUT2D eigenvalue weighted by Crippen LogP contribution is -2.31. The van der Waals surface area contributed by atoms with Gasteiger partial charge in [0, 0.05) is 18.1 Å². The van der Waals surface area contributed by atoms with E-state index in [4.69, 9.17) is 4.74 Å². The molecule has 23 heavy (non-hydrogen) atoms. The third-order valence-electron chi connectivity index (χ3n) is 3.34. The number of hydrogen-bond acceptors (Lipinski definition) is 3. The van der Waals surface area contributed by atoms with E-state index in [9.17, 15) is 9.59 Å². The Morgan fingerprint density at radius 1 is 1.04 bits per heavy atom. The highest BCUT2D eigenvalue weighted by Gasteiger charge is 2.13. The average Bonchev–Trinajstić information content (AvgIpc) is 2.55. The van der Waals surface area contributed by atoms with Crippen LogP contribution in [0.15, 0.2) is 59.1 Å². The molecule has 2 aromatic rings. The first kappa shape index (κ1) is 17.2. The molecule has 0 aliphatic carbocycles. The van der Waals surface area contributed by atoms with Crippen LogP contribution in [0.1, 0.15) is 11.1 Å². The maximum absolute atomic E-state index is 12.0. The maximum atomic E-state index is 12.0. The van der Waals surface area contributed by atoms with Gasteiger partial charge in [-0.05, 0) is 17.2 Å². The highest BCUT2D eigenvalue weighted by atomic mass is 79.9. The van der Waals surface area contributed by atoms with Gasteiger partial charge in [-0.25, -0.2) is 0 Å². The van der Waals surface area contributed by atoms with Crippen molar-refractivity contribution in [2.45, 2.75) is 13.0 Å². The number of halogens is 1. The molecular weight excluding hydrogens is 358 g/mol. The maximum Gasteiger partial charge on any atom is 0.310 e. The van der Waals surface area contributed by atoms with Gasteiger partial charge in [0.25, 0.3) is 5.91 Å². The van der Waals surface area contributed by atoms with Crippen molar-refractivity contribution < 1.29 is 14.3 Å². The summed E-state index contributed by atoms with van der Waals surface area (Å²) >= 11 is 3.45. The fraction of sp³-hybridized carbons (Fsp3) is 0.222. The van der Waals surface area contributed by atoms with Crippen LogP contribution >= 0.6 is 15.9 Å². The molecule has 0 saturated heterocycles. The summed E-state index contributed by atoms with van der Waals surface area (Å²) in [5, 5.41) is 0. The van der Waals surface area contributed by atoms with Gasteiger partial charge in [-0.2, -0.15) is 0 Å². The topological polar surface area (TPSA) is 46.6 Å². The standard InChI is InChI=1S/C18H18BrNO3/c1-20(12-15-9-5-6-10-16(15)19)17(21)13-23-18(22)11-14-7-3-2-4-8-14/h2-10H,11-13H2,1H3. The minimum atomic E-state index is -0.404. The van der Waals surface area contributed by atoms with Gasteiger partial charge in [-0.15, -0.1) is 0 Å². The molecule has 0 aromatic heterocycles. The molecule has 0 fully saturated rings. The monoisotopic (exact) mass is 375 g/mol. The van der Waals surface area contributed by atoms with E-state index in [1.807, 2.05) is 54.6 Å². The fourth-order valence-corrected chi connectivity index (χ4v) is 2.45. The molecule has 0 atom stereocenters. The number of esters is 1. The quantitative estimate of drug-likeness (QED) is 0.728. The molecule has 0 N–H and O–H groups in total. The van der Waals surface area contributed by atoms with Crippen LogP contribution in [0.4, 0.5) is 0 Å². The van der Waals surface area contributed by atoms with Crippen LogP contribution in [0.5, 0.6) is 0 Å². The van der Waals surface area contributed by atoms with E-state index in [0.717, 1.165) is 15.6 Å². The molecule has 0 heterocycles. The zero-order valence-electron chi connectivity index (χ0n) is 12.9. The number of amides is 1. The summed E-state index contributed by atoms with van der Waals surface area (Å²) in [6, 6.07) is 17.0. The number of carbonyl (C=O) groups is 2. The Kier molecular flexibility index (Phi) is 6.35. The third-order valence-corrected chi connectivity index (χ3v) is 4.11. The van der Waals surface area contributed by atoms with Crippen LogP contribution in [0.3, 0.4) is 0 Å². The molecule has 0 spiro atoms. The average molecular weight is 376 g/mol. The predicted octanol–water partition coefficient (Wildman–Crippen LogP) is 3.19. The number of benzene rings is 2. The van der Waals surface area contributed by atoms with Crippen LogP contribution < -0.4 is 0 Å². The molecule has 0 aliphatic rings. The molecule has 0 unspecified atom stereocenters. The van der Waals surface area contributed by atoms with Crippen molar-refractivity contribution in [3.8, 4) is 0 Å². The van der Waals surface area contributed by atoms with Crippen LogP contribution in [-0.4, -0.2) is 30.4 Å². The van der Waals surface area contributed by atoms with E-state index in [-0.39, 0.29) is 18.9 Å². The Labute approximate surface area is 144 Å². The Hall–Kier alpha value is -2.14. The largest absolute Gasteiger partial charge is 0.455 e. The lowest BCUT2D eigenvalue weighted by atomic mass is 10.2. The SMILES string of the molecule is CN(Cc1ccccc1Br)C(=O)COC(=O)Cc1ccccc1. The van der Waals surface area contributed by atoms with Crippen molar-refractivity contribution in [2.24, 2.45) is 0 Å². The minimum Gasteiger partial charge on any atom is -0.455 e. The highest BCUT2D eigenvalue weighted by molar-refractivity contribution is 9.10. The van der Waals surface area contributed by atoms with Gasteiger partial charge in [0.05, 0.1) is 6.42 Å². The first-order chi connectivity index (χ1) is 11.1. The van der Waals surface area contributed by atoms with Gasteiger partial charge in [-0.3, -0.25) is 9.59 Å². The summed E-state index contributed by atoms with van der Waals surface area (Å²) < 4.78 is 6.00. The van der Waals surface area contributed by atoms with Gasteiger partial charge < -0.3 is 9.64 Å². The van der Waals surface area contributed by atoms with Crippen LogP contribution in [-0.2, 0) is 27.3 Å². The zero-order chi connectivity index (χ0) is 16.7. The summed E-state index contributed by atoms with van der Waals surface area (Å²) in [5.41, 5.74) is 1.87. The first-order valence-electron chi connectivity index (χ1n) is 7.23. The van der Waals surface area contributed by atoms with Crippen molar-refractivity contribution in [3.05, 3.63) is 70.2 Å². The molecule has 2 aromatic carbocycles. The van der Waals surface area contributed by atoms with E-state index in [2.05, 4.69) is 15.9 Å². The number of likely N-dealkylation sites (N-methyl/N-ethyl adjacent to an activating group) is 1. The third kappa shape index (κ3) is 5.53. The number of hydrogen-bond donors (Lipinski definition) is 0. The van der Waals surface area contributed by atoms with E-state index >= 15 is 0 Å². The molecule has 1 amide bonds. The lowest BCUT2D eigenvalue weighted by molar-refractivity contribution is -0.151. The first-order valence-corrected chi connectivity index (χ1v) is 8.02. The zero-order valence-corrected chi connectivity index (χ0v) is 14.5. The second-order valence-electron chi connectivity index (χ2n) is 5.16. The van der Waals surface area contributed by atoms with Crippen molar-refractivity contribution in [1.82, 2.24) is 4.90 Å². The molecule has 0 bridgehead atoms. The number of carbonyl (C=O) groups excluding carboxylic acids is 2. The van der Waals surface area contributed by atoms with E-state index < -0.39 is 5.97 Å². The number of ether oxygens (including phenoxy) is 1. The minimum absolute atomic E-state index is 0.169. The second kappa shape index (κ2) is 8.48. The summed E-state index contributed by atoms with van der Waals surface area (Å²) in [6.45, 7) is 0.211. The molecule has 0 radical (unpaired) electrons. The number of rotatable bonds is 6. The molecule has 4 nitrogen and oxygen atoms in total. The Morgan fingerprint density at radius 2 is 1.70 bits per heavy atom. The van der Waals surface area contributed by atoms with Crippen LogP contribution in [0, 0.1) is 0 Å². The molecule has 2 rings (SSSR count). The fourth-order valence-electron chi connectivity index (χ4n) is 2.04. The van der Waals surface area contributed by atoms with E-state index in [0.29, 0.717) is 6.54 Å². The summed E-state index contributed by atoms with van der Waals surface area (Å²) in [6.07, 6.45) is 0.169. The summed E-state index contributed by atoms with van der Waals surface area (Å²) in [7, 11) is 1.69. The molecule has 120 valence electrons. The normalized spacial score (nSPS) is 10.2. The summed E-state index contributed by atoms with van der Waals surface area (Å²) in [4.78, 5) is 25.3. The molecule has 0 saturated carbocycles. The number of nitrogens with zero attached hydrogens (tertiary/aromatic N) is 1. The van der Waals surface area contributed by atoms with Gasteiger partial charge >= 0.3 is 5.97 Å². The lowest BCUT2D eigenvalue weighted by Gasteiger charge is -2.18. The van der Waals surface area contributed by atoms with Crippen molar-refractivity contribution >= 4 is 27.8 Å². The van der Waals surface area contributed by atoms with E-state index in [1.165, 1.54) is 4.90 Å². The second-order valence-corrected chi connectivity index (χ2v) is 6.02. The Morgan fingerprint density at radius 3 is 2.39 bits per heavy atom. The smallest absolute Gasteiger partial charge is 0.310 e. The van der Waals surface area contributed by atoms with Crippen LogP contribution in [0.25, 0.3) is 0 Å². The predicted molar refractivity (Wildman–Crippen MR) is 91.7 cm³/mol. The van der Waals surface area contributed by atoms with Crippen molar-refractivity contribution in [1.29, 1.82) is 0 Å². The molecule has 5 heteroatoms. The Bertz CT molecular complexity index is 673. The van der Waals surface area contributed by atoms with Crippen molar-refractivity contribution in [3.63, 3.8) is 0 Å².